The fourth-order valence-electron chi connectivity index (χ4n) is 3.37. The van der Waals surface area contributed by atoms with Crippen LogP contribution >= 0.6 is 0 Å². The molecule has 1 atom stereocenters. The third-order valence-electron chi connectivity index (χ3n) is 4.65. The van der Waals surface area contributed by atoms with Gasteiger partial charge in [0, 0.05) is 24.8 Å². The molecule has 3 aromatic heterocycles. The highest BCUT2D eigenvalue weighted by Gasteiger charge is 2.33. The quantitative estimate of drug-likeness (QED) is 0.673. The Hall–Kier alpha value is -2.45. The topological polar surface area (TPSA) is 84.9 Å². The van der Waals surface area contributed by atoms with Crippen molar-refractivity contribution in [3.05, 3.63) is 70.7 Å². The second kappa shape index (κ2) is 6.69. The lowest BCUT2D eigenvalue weighted by molar-refractivity contribution is 0.177. The molecule has 1 aliphatic rings. The SMILES string of the molecule is O=c1cc(CN(Cc2ccco2)C2CCS(=O)(=O)C2)nc2ccccn12. The third kappa shape index (κ3) is 3.56. The molecule has 0 N–H and O–H groups in total. The number of rotatable bonds is 5. The predicted molar refractivity (Wildman–Crippen MR) is 96.5 cm³/mol. The molecule has 1 fully saturated rings. The number of hydrogen-bond acceptors (Lipinski definition) is 6. The Balaban J connectivity index is 1.65. The maximum absolute atomic E-state index is 12.3. The van der Waals surface area contributed by atoms with Gasteiger partial charge >= 0.3 is 0 Å². The van der Waals surface area contributed by atoms with Crippen LogP contribution in [-0.2, 0) is 22.9 Å². The minimum Gasteiger partial charge on any atom is -0.468 e. The van der Waals surface area contributed by atoms with E-state index >= 15 is 0 Å². The molecular formula is C18H19N3O4S. The van der Waals surface area contributed by atoms with Crippen LogP contribution in [0.2, 0.25) is 0 Å². The van der Waals surface area contributed by atoms with Gasteiger partial charge in [0.1, 0.15) is 11.4 Å². The van der Waals surface area contributed by atoms with E-state index in [-0.39, 0.29) is 23.1 Å². The summed E-state index contributed by atoms with van der Waals surface area (Å²) in [5, 5.41) is 0. The molecule has 3 aromatic rings. The molecule has 7 nitrogen and oxygen atoms in total. The number of fused-ring (bicyclic) bond motifs is 1. The van der Waals surface area contributed by atoms with Crippen LogP contribution in [-0.4, -0.2) is 40.2 Å². The summed E-state index contributed by atoms with van der Waals surface area (Å²) in [5.41, 5.74) is 1.05. The molecule has 0 bridgehead atoms. The summed E-state index contributed by atoms with van der Waals surface area (Å²) in [6.45, 7) is 0.866. The second-order valence-electron chi connectivity index (χ2n) is 6.56. The number of sulfone groups is 1. The van der Waals surface area contributed by atoms with Crippen LogP contribution in [0.5, 0.6) is 0 Å². The molecule has 0 saturated carbocycles. The zero-order valence-electron chi connectivity index (χ0n) is 14.1. The molecule has 4 rings (SSSR count). The first-order valence-electron chi connectivity index (χ1n) is 8.44. The van der Waals surface area contributed by atoms with Crippen LogP contribution in [0.3, 0.4) is 0 Å². The lowest BCUT2D eigenvalue weighted by Gasteiger charge is -2.26. The minimum absolute atomic E-state index is 0.110. The highest BCUT2D eigenvalue weighted by atomic mass is 32.2. The molecule has 1 saturated heterocycles. The van der Waals surface area contributed by atoms with Gasteiger partial charge in [-0.25, -0.2) is 13.4 Å². The van der Waals surface area contributed by atoms with Gasteiger partial charge in [-0.1, -0.05) is 6.07 Å². The van der Waals surface area contributed by atoms with Gasteiger partial charge < -0.3 is 4.42 Å². The van der Waals surface area contributed by atoms with Crippen molar-refractivity contribution in [2.45, 2.75) is 25.6 Å². The Kier molecular flexibility index (Phi) is 4.37. The van der Waals surface area contributed by atoms with Gasteiger partial charge in [-0.3, -0.25) is 14.1 Å². The molecule has 26 heavy (non-hydrogen) atoms. The van der Waals surface area contributed by atoms with E-state index in [1.807, 2.05) is 17.0 Å². The standard InChI is InChI=1S/C18H19N3O4S/c22-18-10-14(19-17-5-1-2-7-21(17)18)11-20(12-16-4-3-8-25-16)15-6-9-26(23,24)13-15/h1-5,7-8,10,15H,6,9,11-13H2. The van der Waals surface area contributed by atoms with E-state index in [1.54, 1.807) is 30.7 Å². The molecule has 0 amide bonds. The van der Waals surface area contributed by atoms with Gasteiger partial charge in [0.05, 0.1) is 30.0 Å². The van der Waals surface area contributed by atoms with Gasteiger partial charge in [-0.05, 0) is 30.7 Å². The zero-order valence-corrected chi connectivity index (χ0v) is 14.9. The monoisotopic (exact) mass is 373 g/mol. The average Bonchev–Trinajstić information content (AvgIpc) is 3.23. The Labute approximate surface area is 150 Å². The largest absolute Gasteiger partial charge is 0.468 e. The van der Waals surface area contributed by atoms with Crippen molar-refractivity contribution in [1.29, 1.82) is 0 Å². The fraction of sp³-hybridized carbons (Fsp3) is 0.333. The summed E-state index contributed by atoms with van der Waals surface area (Å²) >= 11 is 0. The van der Waals surface area contributed by atoms with Gasteiger partial charge in [-0.15, -0.1) is 0 Å². The number of aromatic nitrogens is 2. The normalized spacial score (nSPS) is 19.3. The molecule has 4 heterocycles. The van der Waals surface area contributed by atoms with Gasteiger partial charge in [-0.2, -0.15) is 0 Å². The lowest BCUT2D eigenvalue weighted by atomic mass is 10.2. The molecule has 0 aliphatic carbocycles. The maximum Gasteiger partial charge on any atom is 0.258 e. The number of furan rings is 1. The van der Waals surface area contributed by atoms with Crippen LogP contribution in [0.1, 0.15) is 17.9 Å². The summed E-state index contributed by atoms with van der Waals surface area (Å²) in [6.07, 6.45) is 3.85. The lowest BCUT2D eigenvalue weighted by Crippen LogP contribution is -2.36. The van der Waals surface area contributed by atoms with Gasteiger partial charge in [0.25, 0.3) is 5.56 Å². The van der Waals surface area contributed by atoms with Crippen molar-refractivity contribution in [3.63, 3.8) is 0 Å². The van der Waals surface area contributed by atoms with Crippen LogP contribution < -0.4 is 5.56 Å². The molecule has 8 heteroatoms. The molecule has 0 radical (unpaired) electrons. The van der Waals surface area contributed by atoms with Crippen LogP contribution in [0.15, 0.2) is 58.1 Å². The number of hydrogen-bond donors (Lipinski definition) is 0. The maximum atomic E-state index is 12.3. The highest BCUT2D eigenvalue weighted by molar-refractivity contribution is 7.91. The van der Waals surface area contributed by atoms with E-state index in [4.69, 9.17) is 4.42 Å². The van der Waals surface area contributed by atoms with E-state index in [0.29, 0.717) is 30.9 Å². The van der Waals surface area contributed by atoms with Crippen LogP contribution in [0.4, 0.5) is 0 Å². The fourth-order valence-corrected chi connectivity index (χ4v) is 5.13. The summed E-state index contributed by atoms with van der Waals surface area (Å²) < 4.78 is 30.7. The Morgan fingerprint density at radius 2 is 2.12 bits per heavy atom. The smallest absolute Gasteiger partial charge is 0.258 e. The van der Waals surface area contributed by atoms with E-state index in [1.165, 1.54) is 10.5 Å². The minimum atomic E-state index is -3.01. The summed E-state index contributed by atoms with van der Waals surface area (Å²) in [5.74, 6) is 1.08. The van der Waals surface area contributed by atoms with Crippen LogP contribution in [0, 0.1) is 0 Å². The van der Waals surface area contributed by atoms with Crippen LogP contribution in [0.25, 0.3) is 5.65 Å². The van der Waals surface area contributed by atoms with Crippen molar-refractivity contribution in [2.24, 2.45) is 0 Å². The summed E-state index contributed by atoms with van der Waals surface area (Å²) in [7, 11) is -3.01. The predicted octanol–water partition coefficient (Wildman–Crippen LogP) is 1.48. The van der Waals surface area contributed by atoms with Gasteiger partial charge in [0.15, 0.2) is 9.84 Å². The molecule has 1 unspecified atom stereocenters. The first-order valence-corrected chi connectivity index (χ1v) is 10.3. The Morgan fingerprint density at radius 3 is 2.85 bits per heavy atom. The molecule has 0 aromatic carbocycles. The Bertz CT molecular complexity index is 1070. The average molecular weight is 373 g/mol. The molecular weight excluding hydrogens is 354 g/mol. The Morgan fingerprint density at radius 1 is 1.23 bits per heavy atom. The first-order chi connectivity index (χ1) is 12.5. The van der Waals surface area contributed by atoms with E-state index in [9.17, 15) is 13.2 Å². The number of pyridine rings is 1. The zero-order chi connectivity index (χ0) is 18.1. The van der Waals surface area contributed by atoms with Crippen molar-refractivity contribution < 1.29 is 12.8 Å². The first kappa shape index (κ1) is 17.0. The second-order valence-corrected chi connectivity index (χ2v) is 8.78. The van der Waals surface area contributed by atoms with Gasteiger partial charge in [0.2, 0.25) is 0 Å². The molecule has 0 spiro atoms. The summed E-state index contributed by atoms with van der Waals surface area (Å²) in [4.78, 5) is 18.9. The van der Waals surface area contributed by atoms with Crippen molar-refractivity contribution in [1.82, 2.24) is 14.3 Å². The highest BCUT2D eigenvalue weighted by Crippen LogP contribution is 2.22. The third-order valence-corrected chi connectivity index (χ3v) is 6.40. The number of nitrogens with zero attached hydrogens (tertiary/aromatic N) is 3. The van der Waals surface area contributed by atoms with Crippen molar-refractivity contribution >= 4 is 15.5 Å². The molecule has 136 valence electrons. The van der Waals surface area contributed by atoms with E-state index in [2.05, 4.69) is 4.98 Å². The van der Waals surface area contributed by atoms with E-state index < -0.39 is 9.84 Å². The van der Waals surface area contributed by atoms with Crippen molar-refractivity contribution in [3.8, 4) is 0 Å². The summed E-state index contributed by atoms with van der Waals surface area (Å²) in [6, 6.07) is 10.4. The van der Waals surface area contributed by atoms with Crippen molar-refractivity contribution in [2.75, 3.05) is 11.5 Å². The molecule has 1 aliphatic heterocycles. The van der Waals surface area contributed by atoms with E-state index in [0.717, 1.165) is 5.76 Å².